The van der Waals surface area contributed by atoms with Crippen molar-refractivity contribution in [3.05, 3.63) is 40.8 Å². The van der Waals surface area contributed by atoms with Crippen LogP contribution in [0.4, 0.5) is 5.82 Å². The molecule has 21 heavy (non-hydrogen) atoms. The lowest BCUT2D eigenvalue weighted by molar-refractivity contribution is 0.693. The van der Waals surface area contributed by atoms with Gasteiger partial charge in [0.25, 0.3) is 0 Å². The van der Waals surface area contributed by atoms with Gasteiger partial charge in [-0.05, 0) is 38.8 Å². The SMILES string of the molecule is Cc1nn(C)c(C)c1C1CCCN1c1ncccc1C#N. The molecule has 108 valence electrons. The molecule has 1 aliphatic heterocycles. The first-order valence-corrected chi connectivity index (χ1v) is 7.25. The third-order valence-corrected chi connectivity index (χ3v) is 4.33. The number of hydrogen-bond acceptors (Lipinski definition) is 4. The summed E-state index contributed by atoms with van der Waals surface area (Å²) in [5.74, 6) is 0.796. The minimum atomic E-state index is 0.265. The third kappa shape index (κ3) is 2.17. The first kappa shape index (κ1) is 13.6. The van der Waals surface area contributed by atoms with Crippen molar-refractivity contribution in [1.82, 2.24) is 14.8 Å². The fraction of sp³-hybridized carbons (Fsp3) is 0.438. The zero-order valence-corrected chi connectivity index (χ0v) is 12.7. The Morgan fingerprint density at radius 1 is 1.38 bits per heavy atom. The van der Waals surface area contributed by atoms with E-state index in [1.54, 1.807) is 6.20 Å². The molecule has 0 spiro atoms. The maximum atomic E-state index is 9.32. The van der Waals surface area contributed by atoms with Gasteiger partial charge in [0.1, 0.15) is 11.9 Å². The van der Waals surface area contributed by atoms with Crippen LogP contribution in [-0.2, 0) is 7.05 Å². The van der Waals surface area contributed by atoms with Crippen LogP contribution in [0, 0.1) is 25.2 Å². The van der Waals surface area contributed by atoms with Crippen molar-refractivity contribution >= 4 is 5.82 Å². The maximum absolute atomic E-state index is 9.32. The van der Waals surface area contributed by atoms with Crippen LogP contribution in [0.2, 0.25) is 0 Å². The fourth-order valence-corrected chi connectivity index (χ4v) is 3.31. The molecule has 0 aromatic carbocycles. The number of aryl methyl sites for hydroxylation is 2. The highest BCUT2D eigenvalue weighted by molar-refractivity contribution is 5.56. The van der Waals surface area contributed by atoms with Crippen molar-refractivity contribution in [3.63, 3.8) is 0 Å². The van der Waals surface area contributed by atoms with Gasteiger partial charge in [0, 0.05) is 31.0 Å². The van der Waals surface area contributed by atoms with E-state index in [-0.39, 0.29) is 6.04 Å². The monoisotopic (exact) mass is 281 g/mol. The smallest absolute Gasteiger partial charge is 0.146 e. The van der Waals surface area contributed by atoms with Crippen LogP contribution in [0.1, 0.15) is 41.4 Å². The van der Waals surface area contributed by atoms with Crippen molar-refractivity contribution < 1.29 is 0 Å². The molecule has 1 atom stereocenters. The van der Waals surface area contributed by atoms with Crippen molar-refractivity contribution in [2.24, 2.45) is 7.05 Å². The van der Waals surface area contributed by atoms with E-state index in [0.29, 0.717) is 5.56 Å². The molecule has 0 saturated carbocycles. The molecule has 0 aliphatic carbocycles. The summed E-state index contributed by atoms with van der Waals surface area (Å²) in [5, 5.41) is 13.8. The van der Waals surface area contributed by atoms with E-state index in [0.717, 1.165) is 30.9 Å². The summed E-state index contributed by atoms with van der Waals surface area (Å²) in [7, 11) is 1.98. The van der Waals surface area contributed by atoms with E-state index in [4.69, 9.17) is 0 Å². The Bertz CT molecular complexity index is 710. The van der Waals surface area contributed by atoms with Gasteiger partial charge in [-0.15, -0.1) is 0 Å². The van der Waals surface area contributed by atoms with Crippen LogP contribution in [0.5, 0.6) is 0 Å². The Kier molecular flexibility index (Phi) is 3.38. The summed E-state index contributed by atoms with van der Waals surface area (Å²) in [5.41, 5.74) is 4.19. The lowest BCUT2D eigenvalue weighted by Gasteiger charge is -2.27. The second kappa shape index (κ2) is 5.21. The van der Waals surface area contributed by atoms with Crippen LogP contribution >= 0.6 is 0 Å². The predicted octanol–water partition coefficient (Wildman–Crippen LogP) is 2.65. The number of hydrogen-bond donors (Lipinski definition) is 0. The van der Waals surface area contributed by atoms with Crippen molar-refractivity contribution in [3.8, 4) is 6.07 Å². The van der Waals surface area contributed by atoms with Crippen LogP contribution in [0.3, 0.4) is 0 Å². The predicted molar refractivity (Wildman–Crippen MR) is 81.0 cm³/mol. The zero-order valence-electron chi connectivity index (χ0n) is 12.7. The summed E-state index contributed by atoms with van der Waals surface area (Å²) in [6, 6.07) is 6.17. The summed E-state index contributed by atoms with van der Waals surface area (Å²) < 4.78 is 1.94. The minimum absolute atomic E-state index is 0.265. The van der Waals surface area contributed by atoms with Gasteiger partial charge in [0.05, 0.1) is 17.3 Å². The van der Waals surface area contributed by atoms with Crippen LogP contribution in [-0.4, -0.2) is 21.3 Å². The molecule has 1 fully saturated rings. The average Bonchev–Trinajstić information content (AvgIpc) is 3.04. The molecule has 0 N–H and O–H groups in total. The van der Waals surface area contributed by atoms with Gasteiger partial charge >= 0.3 is 0 Å². The summed E-state index contributed by atoms with van der Waals surface area (Å²) in [4.78, 5) is 6.71. The molecule has 2 aromatic heterocycles. The highest BCUT2D eigenvalue weighted by Crippen LogP contribution is 2.38. The number of aromatic nitrogens is 3. The number of pyridine rings is 1. The topological polar surface area (TPSA) is 57.7 Å². The Labute approximate surface area is 124 Å². The Morgan fingerprint density at radius 2 is 2.19 bits per heavy atom. The lowest BCUT2D eigenvalue weighted by atomic mass is 10.0. The van der Waals surface area contributed by atoms with Gasteiger partial charge in [-0.25, -0.2) is 4.98 Å². The third-order valence-electron chi connectivity index (χ3n) is 4.33. The molecule has 1 saturated heterocycles. The molecule has 5 nitrogen and oxygen atoms in total. The molecular weight excluding hydrogens is 262 g/mol. The number of nitriles is 1. The van der Waals surface area contributed by atoms with E-state index in [9.17, 15) is 5.26 Å². The average molecular weight is 281 g/mol. The summed E-state index contributed by atoms with van der Waals surface area (Å²) >= 11 is 0. The van der Waals surface area contributed by atoms with E-state index in [2.05, 4.69) is 34.9 Å². The molecule has 2 aromatic rings. The number of rotatable bonds is 2. The van der Waals surface area contributed by atoms with Gasteiger partial charge in [0.15, 0.2) is 0 Å². The van der Waals surface area contributed by atoms with E-state index in [1.165, 1.54) is 11.3 Å². The Balaban J connectivity index is 2.06. The zero-order chi connectivity index (χ0) is 15.0. The highest BCUT2D eigenvalue weighted by Gasteiger charge is 2.32. The molecule has 0 amide bonds. The quantitative estimate of drug-likeness (QED) is 0.849. The van der Waals surface area contributed by atoms with Crippen LogP contribution < -0.4 is 4.90 Å². The Morgan fingerprint density at radius 3 is 2.86 bits per heavy atom. The van der Waals surface area contributed by atoms with E-state index >= 15 is 0 Å². The molecule has 1 unspecified atom stereocenters. The molecular formula is C16H19N5. The van der Waals surface area contributed by atoms with Gasteiger partial charge in [-0.2, -0.15) is 10.4 Å². The molecule has 5 heteroatoms. The standard InChI is InChI=1S/C16H19N5/c1-11-15(12(2)20(3)19-11)14-7-5-9-21(14)16-13(10-17)6-4-8-18-16/h4,6,8,14H,5,7,9H2,1-3H3. The van der Waals surface area contributed by atoms with Crippen molar-refractivity contribution in [2.75, 3.05) is 11.4 Å². The van der Waals surface area contributed by atoms with Crippen LogP contribution in [0.25, 0.3) is 0 Å². The van der Waals surface area contributed by atoms with E-state index in [1.807, 2.05) is 23.9 Å². The second-order valence-electron chi connectivity index (χ2n) is 5.55. The summed E-state index contributed by atoms with van der Waals surface area (Å²) in [6.45, 7) is 5.10. The van der Waals surface area contributed by atoms with Gasteiger partial charge in [0.2, 0.25) is 0 Å². The first-order valence-electron chi connectivity index (χ1n) is 7.25. The molecule has 3 rings (SSSR count). The Hall–Kier alpha value is -2.35. The first-order chi connectivity index (χ1) is 10.1. The molecule has 3 heterocycles. The highest BCUT2D eigenvalue weighted by atomic mass is 15.3. The maximum Gasteiger partial charge on any atom is 0.146 e. The van der Waals surface area contributed by atoms with Crippen molar-refractivity contribution in [1.29, 1.82) is 5.26 Å². The molecule has 0 bridgehead atoms. The van der Waals surface area contributed by atoms with E-state index < -0.39 is 0 Å². The lowest BCUT2D eigenvalue weighted by Crippen LogP contribution is -2.25. The van der Waals surface area contributed by atoms with Gasteiger partial charge in [-0.1, -0.05) is 0 Å². The van der Waals surface area contributed by atoms with Crippen molar-refractivity contribution in [2.45, 2.75) is 32.7 Å². The number of anilines is 1. The molecule has 0 radical (unpaired) electrons. The summed E-state index contributed by atoms with van der Waals surface area (Å²) in [6.07, 6.45) is 3.95. The second-order valence-corrected chi connectivity index (χ2v) is 5.55. The molecule has 1 aliphatic rings. The van der Waals surface area contributed by atoms with Gasteiger partial charge in [-0.3, -0.25) is 4.68 Å². The minimum Gasteiger partial charge on any atom is -0.348 e. The fourth-order valence-electron chi connectivity index (χ4n) is 3.31. The normalized spacial score (nSPS) is 18.0. The van der Waals surface area contributed by atoms with Gasteiger partial charge < -0.3 is 4.90 Å². The largest absolute Gasteiger partial charge is 0.348 e. The number of nitrogens with zero attached hydrogens (tertiary/aromatic N) is 5. The van der Waals surface area contributed by atoms with Crippen LogP contribution in [0.15, 0.2) is 18.3 Å².